The highest BCUT2D eigenvalue weighted by molar-refractivity contribution is 5.85. The number of aliphatic carboxylic acids is 1. The van der Waals surface area contributed by atoms with Crippen LogP contribution in [0.2, 0.25) is 0 Å². The van der Waals surface area contributed by atoms with Crippen LogP contribution in [0.5, 0.6) is 0 Å². The summed E-state index contributed by atoms with van der Waals surface area (Å²) in [6, 6.07) is -0.389. The average Bonchev–Trinajstić information content (AvgIpc) is 1.88. The van der Waals surface area contributed by atoms with E-state index in [1.165, 1.54) is 0 Å². The predicted molar refractivity (Wildman–Crippen MR) is 51.4 cm³/mol. The lowest BCUT2D eigenvalue weighted by Crippen LogP contribution is -2.57. The van der Waals surface area contributed by atoms with Crippen LogP contribution in [0.1, 0.15) is 6.92 Å². The molecule has 1 heterocycles. The third-order valence-corrected chi connectivity index (χ3v) is 1.72. The number of piperazine rings is 1. The number of carboxylic acid groups (broad SMARTS) is 1. The van der Waals surface area contributed by atoms with Gasteiger partial charge in [-0.2, -0.15) is 0 Å². The number of hydrogen-bond acceptors (Lipinski definition) is 3. The molecule has 1 saturated heterocycles. The molecule has 74 valence electrons. The van der Waals surface area contributed by atoms with Crippen LogP contribution >= 0.6 is 24.8 Å². The van der Waals surface area contributed by atoms with E-state index in [4.69, 9.17) is 5.11 Å². The monoisotopic (exact) mass is 216 g/mol. The Kier molecular flexibility index (Phi) is 7.83. The predicted octanol–water partition coefficient (Wildman–Crippen LogP) is -0.135. The van der Waals surface area contributed by atoms with E-state index in [1.807, 2.05) is 6.92 Å². The van der Waals surface area contributed by atoms with E-state index in [2.05, 4.69) is 10.6 Å². The lowest BCUT2D eigenvalue weighted by atomic mass is 10.1. The zero-order valence-corrected chi connectivity index (χ0v) is 8.37. The molecule has 0 spiro atoms. The van der Waals surface area contributed by atoms with Crippen molar-refractivity contribution in [2.24, 2.45) is 0 Å². The Morgan fingerprint density at radius 2 is 1.83 bits per heavy atom. The highest BCUT2D eigenvalue weighted by Gasteiger charge is 2.25. The van der Waals surface area contributed by atoms with Crippen LogP contribution in [0.3, 0.4) is 0 Å². The summed E-state index contributed by atoms with van der Waals surface area (Å²) in [5.41, 5.74) is 0. The quantitative estimate of drug-likeness (QED) is 0.572. The van der Waals surface area contributed by atoms with Gasteiger partial charge in [-0.15, -0.1) is 24.8 Å². The maximum absolute atomic E-state index is 10.5. The lowest BCUT2D eigenvalue weighted by molar-refractivity contribution is -0.140. The molecule has 0 aliphatic carbocycles. The first-order chi connectivity index (χ1) is 4.72. The summed E-state index contributed by atoms with van der Waals surface area (Å²) in [6.07, 6.45) is 0. The van der Waals surface area contributed by atoms with Crippen molar-refractivity contribution in [1.29, 1.82) is 0 Å². The van der Waals surface area contributed by atoms with Gasteiger partial charge >= 0.3 is 5.97 Å². The summed E-state index contributed by atoms with van der Waals surface area (Å²) in [5, 5.41) is 14.6. The topological polar surface area (TPSA) is 61.4 Å². The molecule has 0 saturated carbocycles. The smallest absolute Gasteiger partial charge is 0.322 e. The molecule has 1 rings (SSSR count). The lowest BCUT2D eigenvalue weighted by Gasteiger charge is -2.27. The highest BCUT2D eigenvalue weighted by atomic mass is 35.5. The van der Waals surface area contributed by atoms with Crippen LogP contribution in [0.25, 0.3) is 0 Å². The molecule has 0 unspecified atom stereocenters. The Balaban J connectivity index is 0. The van der Waals surface area contributed by atoms with E-state index in [0.717, 1.165) is 13.1 Å². The number of carboxylic acids is 1. The molecular weight excluding hydrogens is 203 g/mol. The molecule has 0 aromatic rings. The molecule has 12 heavy (non-hydrogen) atoms. The normalized spacial score (nSPS) is 28.1. The van der Waals surface area contributed by atoms with Gasteiger partial charge in [0.15, 0.2) is 0 Å². The molecule has 1 aliphatic rings. The van der Waals surface area contributed by atoms with Gasteiger partial charge in [0.2, 0.25) is 0 Å². The Labute approximate surface area is 83.9 Å². The third kappa shape index (κ3) is 3.58. The van der Waals surface area contributed by atoms with Gasteiger partial charge in [-0.3, -0.25) is 4.79 Å². The zero-order valence-electron chi connectivity index (χ0n) is 6.74. The van der Waals surface area contributed by atoms with Gasteiger partial charge in [0.05, 0.1) is 0 Å². The second kappa shape index (κ2) is 6.48. The van der Waals surface area contributed by atoms with E-state index in [1.54, 1.807) is 0 Å². The number of nitrogens with one attached hydrogen (secondary N) is 2. The summed E-state index contributed by atoms with van der Waals surface area (Å²) >= 11 is 0. The van der Waals surface area contributed by atoms with Gasteiger partial charge in [-0.05, 0) is 6.92 Å². The maximum atomic E-state index is 10.5. The molecule has 2 atom stereocenters. The Morgan fingerprint density at radius 1 is 1.33 bits per heavy atom. The van der Waals surface area contributed by atoms with E-state index in [-0.39, 0.29) is 30.9 Å². The van der Waals surface area contributed by atoms with Gasteiger partial charge in [0.25, 0.3) is 0 Å². The molecule has 0 aromatic carbocycles. The molecule has 1 aliphatic heterocycles. The van der Waals surface area contributed by atoms with Crippen molar-refractivity contribution in [3.63, 3.8) is 0 Å². The molecule has 4 nitrogen and oxygen atoms in total. The third-order valence-electron chi connectivity index (χ3n) is 1.72. The van der Waals surface area contributed by atoms with Gasteiger partial charge in [0, 0.05) is 19.1 Å². The van der Waals surface area contributed by atoms with Gasteiger partial charge in [-0.25, -0.2) is 0 Å². The first kappa shape index (κ1) is 14.5. The molecule has 0 bridgehead atoms. The number of halogens is 2. The fraction of sp³-hybridized carbons (Fsp3) is 0.833. The van der Waals surface area contributed by atoms with Crippen molar-refractivity contribution in [2.75, 3.05) is 13.1 Å². The Bertz CT molecular complexity index is 146. The first-order valence-corrected chi connectivity index (χ1v) is 3.41. The zero-order chi connectivity index (χ0) is 7.56. The average molecular weight is 217 g/mol. The van der Waals surface area contributed by atoms with Crippen LogP contribution in [0.4, 0.5) is 0 Å². The van der Waals surface area contributed by atoms with Crippen LogP contribution in [-0.2, 0) is 4.79 Å². The van der Waals surface area contributed by atoms with Crippen molar-refractivity contribution in [2.45, 2.75) is 19.0 Å². The fourth-order valence-corrected chi connectivity index (χ4v) is 1.12. The van der Waals surface area contributed by atoms with Crippen molar-refractivity contribution >= 4 is 30.8 Å². The SMILES string of the molecule is C[C@H]1NCCN[C@H]1C(=O)O.Cl.Cl. The summed E-state index contributed by atoms with van der Waals surface area (Å²) in [6.45, 7) is 3.46. The van der Waals surface area contributed by atoms with Crippen molar-refractivity contribution in [1.82, 2.24) is 10.6 Å². The van der Waals surface area contributed by atoms with Crippen LogP contribution in [0, 0.1) is 0 Å². The largest absolute Gasteiger partial charge is 0.480 e. The molecule has 0 radical (unpaired) electrons. The molecule has 6 heteroatoms. The highest BCUT2D eigenvalue weighted by Crippen LogP contribution is 1.96. The minimum Gasteiger partial charge on any atom is -0.480 e. The summed E-state index contributed by atoms with van der Waals surface area (Å²) in [5.74, 6) is -0.778. The van der Waals surface area contributed by atoms with E-state index < -0.39 is 12.0 Å². The minimum atomic E-state index is -0.778. The van der Waals surface area contributed by atoms with Crippen LogP contribution in [-0.4, -0.2) is 36.2 Å². The minimum absolute atomic E-state index is 0. The van der Waals surface area contributed by atoms with Crippen LogP contribution in [0.15, 0.2) is 0 Å². The van der Waals surface area contributed by atoms with Crippen molar-refractivity contribution in [3.05, 3.63) is 0 Å². The number of hydrogen-bond donors (Lipinski definition) is 3. The summed E-state index contributed by atoms with van der Waals surface area (Å²) in [7, 11) is 0. The Hall–Kier alpha value is -0.0300. The fourth-order valence-electron chi connectivity index (χ4n) is 1.12. The molecule has 0 aromatic heterocycles. The van der Waals surface area contributed by atoms with E-state index >= 15 is 0 Å². The molecule has 1 fully saturated rings. The second-order valence-electron chi connectivity index (χ2n) is 2.51. The van der Waals surface area contributed by atoms with Crippen molar-refractivity contribution < 1.29 is 9.90 Å². The summed E-state index contributed by atoms with van der Waals surface area (Å²) < 4.78 is 0. The molecular formula is C6H14Cl2N2O2. The van der Waals surface area contributed by atoms with Gasteiger partial charge in [-0.1, -0.05) is 0 Å². The van der Waals surface area contributed by atoms with Gasteiger partial charge in [0.1, 0.15) is 6.04 Å². The Morgan fingerprint density at radius 3 is 2.17 bits per heavy atom. The van der Waals surface area contributed by atoms with Gasteiger partial charge < -0.3 is 15.7 Å². The van der Waals surface area contributed by atoms with E-state index in [0.29, 0.717) is 0 Å². The number of carbonyl (C=O) groups is 1. The first-order valence-electron chi connectivity index (χ1n) is 3.41. The molecule has 3 N–H and O–H groups in total. The standard InChI is InChI=1S/C6H12N2O2.2ClH/c1-4-5(6(9)10)8-3-2-7-4;;/h4-5,7-8H,2-3H2,1H3,(H,9,10);2*1H/t4-,5-;;/m1../s1. The maximum Gasteiger partial charge on any atom is 0.322 e. The number of rotatable bonds is 1. The van der Waals surface area contributed by atoms with E-state index in [9.17, 15) is 4.79 Å². The molecule has 0 amide bonds. The van der Waals surface area contributed by atoms with Crippen molar-refractivity contribution in [3.8, 4) is 0 Å². The second-order valence-corrected chi connectivity index (χ2v) is 2.51. The van der Waals surface area contributed by atoms with Crippen LogP contribution < -0.4 is 10.6 Å². The summed E-state index contributed by atoms with van der Waals surface area (Å²) in [4.78, 5) is 10.5.